The van der Waals surface area contributed by atoms with Crippen molar-refractivity contribution in [3.8, 4) is 12.3 Å². The van der Waals surface area contributed by atoms with E-state index in [4.69, 9.17) is 12.2 Å². The Kier molecular flexibility index (Phi) is 1.86. The van der Waals surface area contributed by atoms with Gasteiger partial charge in [0.05, 0.1) is 5.52 Å². The number of anilines is 1. The van der Waals surface area contributed by atoms with Crippen LogP contribution in [0.3, 0.4) is 0 Å². The van der Waals surface area contributed by atoms with Crippen molar-refractivity contribution in [1.29, 1.82) is 0 Å². The Labute approximate surface area is 81.7 Å². The average Bonchev–Trinajstić information content (AvgIpc) is 2.59. The Hall–Kier alpha value is -2.02. The highest BCUT2D eigenvalue weighted by Crippen LogP contribution is 2.17. The highest BCUT2D eigenvalue weighted by molar-refractivity contribution is 5.78. The van der Waals surface area contributed by atoms with Crippen molar-refractivity contribution < 1.29 is 0 Å². The minimum Gasteiger partial charge on any atom is -0.399 e. The first-order valence-corrected chi connectivity index (χ1v) is 4.29. The van der Waals surface area contributed by atoms with Crippen molar-refractivity contribution in [3.05, 3.63) is 18.2 Å². The lowest BCUT2D eigenvalue weighted by atomic mass is 10.2. The zero-order valence-corrected chi connectivity index (χ0v) is 7.81. The third-order valence-electron chi connectivity index (χ3n) is 2.10. The Bertz CT molecular complexity index is 506. The van der Waals surface area contributed by atoms with Crippen molar-refractivity contribution in [2.45, 2.75) is 13.0 Å². The van der Waals surface area contributed by atoms with E-state index >= 15 is 0 Å². The molecule has 0 bridgehead atoms. The van der Waals surface area contributed by atoms with Gasteiger partial charge in [-0.05, 0) is 25.1 Å². The van der Waals surface area contributed by atoms with Crippen LogP contribution < -0.4 is 5.73 Å². The number of benzene rings is 1. The molecule has 70 valence electrons. The summed E-state index contributed by atoms with van der Waals surface area (Å²) in [6.45, 7) is 1.89. The standard InChI is InChI=1S/C10H10N4/c1-3-7(2)14-10-6-8(11)4-5-9(10)12-13-14/h1,4-7H,11H2,2H3. The summed E-state index contributed by atoms with van der Waals surface area (Å²) < 4.78 is 1.69. The third kappa shape index (κ3) is 1.19. The van der Waals surface area contributed by atoms with Crippen molar-refractivity contribution >= 4 is 16.7 Å². The van der Waals surface area contributed by atoms with Crippen molar-refractivity contribution in [2.24, 2.45) is 0 Å². The van der Waals surface area contributed by atoms with E-state index in [1.807, 2.05) is 19.1 Å². The fourth-order valence-electron chi connectivity index (χ4n) is 1.31. The number of rotatable bonds is 1. The van der Waals surface area contributed by atoms with Crippen molar-refractivity contribution in [2.75, 3.05) is 5.73 Å². The number of nitrogen functional groups attached to an aromatic ring is 1. The Morgan fingerprint density at radius 2 is 2.36 bits per heavy atom. The molecule has 0 spiro atoms. The second-order valence-corrected chi connectivity index (χ2v) is 3.12. The van der Waals surface area contributed by atoms with Gasteiger partial charge in [0, 0.05) is 5.69 Å². The first-order valence-electron chi connectivity index (χ1n) is 4.29. The Balaban J connectivity index is 2.68. The maximum atomic E-state index is 5.67. The number of nitrogens with zero attached hydrogens (tertiary/aromatic N) is 3. The van der Waals surface area contributed by atoms with Crippen LogP contribution in [-0.4, -0.2) is 15.0 Å². The molecular weight excluding hydrogens is 176 g/mol. The van der Waals surface area contributed by atoms with Crippen molar-refractivity contribution in [1.82, 2.24) is 15.0 Å². The second kappa shape index (κ2) is 3.04. The van der Waals surface area contributed by atoms with Crippen LogP contribution in [0.25, 0.3) is 11.0 Å². The normalized spacial score (nSPS) is 12.6. The minimum absolute atomic E-state index is 0.109. The number of hydrogen-bond donors (Lipinski definition) is 1. The second-order valence-electron chi connectivity index (χ2n) is 3.12. The van der Waals surface area contributed by atoms with E-state index < -0.39 is 0 Å². The fraction of sp³-hybridized carbons (Fsp3) is 0.200. The highest BCUT2D eigenvalue weighted by atomic mass is 15.4. The Morgan fingerprint density at radius 1 is 1.57 bits per heavy atom. The van der Waals surface area contributed by atoms with Gasteiger partial charge in [-0.2, -0.15) is 0 Å². The molecule has 4 heteroatoms. The van der Waals surface area contributed by atoms with Gasteiger partial charge in [-0.15, -0.1) is 11.5 Å². The Morgan fingerprint density at radius 3 is 3.07 bits per heavy atom. The van der Waals surface area contributed by atoms with Gasteiger partial charge in [0.25, 0.3) is 0 Å². The van der Waals surface area contributed by atoms with Crippen LogP contribution in [0.5, 0.6) is 0 Å². The van der Waals surface area contributed by atoms with Gasteiger partial charge >= 0.3 is 0 Å². The first kappa shape index (κ1) is 8.57. The zero-order chi connectivity index (χ0) is 10.1. The number of nitrogens with two attached hydrogens (primary N) is 1. The molecule has 1 heterocycles. The summed E-state index contributed by atoms with van der Waals surface area (Å²) in [5.74, 6) is 2.60. The van der Waals surface area contributed by atoms with Crippen LogP contribution in [0.2, 0.25) is 0 Å². The molecule has 2 rings (SSSR count). The number of aromatic nitrogens is 3. The van der Waals surface area contributed by atoms with E-state index in [9.17, 15) is 0 Å². The monoisotopic (exact) mass is 186 g/mol. The molecule has 0 aliphatic rings. The topological polar surface area (TPSA) is 56.7 Å². The van der Waals surface area contributed by atoms with Gasteiger partial charge in [-0.1, -0.05) is 11.1 Å². The molecular formula is C10H10N4. The summed E-state index contributed by atoms with van der Waals surface area (Å²) in [5, 5.41) is 7.97. The number of hydrogen-bond acceptors (Lipinski definition) is 3. The molecule has 0 fully saturated rings. The maximum absolute atomic E-state index is 5.67. The van der Waals surface area contributed by atoms with Gasteiger partial charge in [0.15, 0.2) is 0 Å². The molecule has 0 aliphatic carbocycles. The van der Waals surface area contributed by atoms with Crippen LogP contribution in [0.4, 0.5) is 5.69 Å². The first-order chi connectivity index (χ1) is 6.72. The summed E-state index contributed by atoms with van der Waals surface area (Å²) in [6, 6.07) is 5.34. The van der Waals surface area contributed by atoms with E-state index in [0.717, 1.165) is 11.0 Å². The predicted octanol–water partition coefficient (Wildman–Crippen LogP) is 1.21. The number of terminal acetylenes is 1. The van der Waals surface area contributed by atoms with E-state index in [2.05, 4.69) is 16.2 Å². The molecule has 0 aliphatic heterocycles. The SMILES string of the molecule is C#CC(C)n1nnc2ccc(N)cc21. The van der Waals surface area contributed by atoms with E-state index in [0.29, 0.717) is 5.69 Å². The lowest BCUT2D eigenvalue weighted by Gasteiger charge is -2.04. The molecule has 14 heavy (non-hydrogen) atoms. The molecule has 0 radical (unpaired) electrons. The highest BCUT2D eigenvalue weighted by Gasteiger charge is 2.08. The summed E-state index contributed by atoms with van der Waals surface area (Å²) in [4.78, 5) is 0. The largest absolute Gasteiger partial charge is 0.399 e. The molecule has 2 aromatic rings. The summed E-state index contributed by atoms with van der Waals surface area (Å²) in [7, 11) is 0. The molecule has 0 amide bonds. The van der Waals surface area contributed by atoms with Gasteiger partial charge in [0.1, 0.15) is 11.6 Å². The van der Waals surface area contributed by atoms with Gasteiger partial charge < -0.3 is 5.73 Å². The molecule has 1 aromatic heterocycles. The van der Waals surface area contributed by atoms with Crippen LogP contribution in [0, 0.1) is 12.3 Å². The van der Waals surface area contributed by atoms with Gasteiger partial charge in [-0.25, -0.2) is 4.68 Å². The molecule has 1 unspecified atom stereocenters. The molecule has 0 saturated carbocycles. The third-order valence-corrected chi connectivity index (χ3v) is 2.10. The fourth-order valence-corrected chi connectivity index (χ4v) is 1.31. The molecule has 1 atom stereocenters. The molecule has 4 nitrogen and oxygen atoms in total. The van der Waals surface area contributed by atoms with Gasteiger partial charge in [-0.3, -0.25) is 0 Å². The lowest BCUT2D eigenvalue weighted by molar-refractivity contribution is 0.590. The minimum atomic E-state index is -0.109. The van der Waals surface area contributed by atoms with Crippen molar-refractivity contribution in [3.63, 3.8) is 0 Å². The summed E-state index contributed by atoms with van der Waals surface area (Å²) in [5.41, 5.74) is 8.04. The number of fused-ring (bicyclic) bond motifs is 1. The van der Waals surface area contributed by atoms with Crippen LogP contribution in [0.15, 0.2) is 18.2 Å². The molecule has 0 saturated heterocycles. The average molecular weight is 186 g/mol. The smallest absolute Gasteiger partial charge is 0.113 e. The maximum Gasteiger partial charge on any atom is 0.113 e. The van der Waals surface area contributed by atoms with Crippen LogP contribution in [0.1, 0.15) is 13.0 Å². The molecule has 1 aromatic carbocycles. The van der Waals surface area contributed by atoms with E-state index in [1.165, 1.54) is 0 Å². The quantitative estimate of drug-likeness (QED) is 0.538. The van der Waals surface area contributed by atoms with Gasteiger partial charge in [0.2, 0.25) is 0 Å². The van der Waals surface area contributed by atoms with Crippen LogP contribution >= 0.6 is 0 Å². The lowest BCUT2D eigenvalue weighted by Crippen LogP contribution is -2.04. The van der Waals surface area contributed by atoms with E-state index in [1.54, 1.807) is 10.7 Å². The summed E-state index contributed by atoms with van der Waals surface area (Å²) in [6.07, 6.45) is 5.32. The zero-order valence-electron chi connectivity index (χ0n) is 7.81. The summed E-state index contributed by atoms with van der Waals surface area (Å²) >= 11 is 0. The van der Waals surface area contributed by atoms with Crippen LogP contribution in [-0.2, 0) is 0 Å². The molecule has 2 N–H and O–H groups in total. The predicted molar refractivity (Wildman–Crippen MR) is 55.5 cm³/mol. The van der Waals surface area contributed by atoms with E-state index in [-0.39, 0.29) is 6.04 Å².